The van der Waals surface area contributed by atoms with Crippen LogP contribution in [0.4, 0.5) is 4.79 Å². The third kappa shape index (κ3) is 4.59. The minimum absolute atomic E-state index is 0.0706. The standard InChI is InChI=1S/C16H24N4OS/c1-11(7-8-14-6-5-9-20(14)4)18-16(21)19-13(3)15-17-12(2)10-22-15/h5-6,9-11,13H,7-8H2,1-4H3,(H2,18,19,21). The van der Waals surface area contributed by atoms with Crippen LogP contribution in [0, 0.1) is 6.92 Å². The van der Waals surface area contributed by atoms with Crippen LogP contribution < -0.4 is 10.6 Å². The number of nitrogens with one attached hydrogen (secondary N) is 2. The Hall–Kier alpha value is -1.82. The lowest BCUT2D eigenvalue weighted by Gasteiger charge is -2.17. The molecule has 120 valence electrons. The highest BCUT2D eigenvalue weighted by molar-refractivity contribution is 7.09. The summed E-state index contributed by atoms with van der Waals surface area (Å²) in [4.78, 5) is 16.4. The van der Waals surface area contributed by atoms with Crippen LogP contribution in [-0.2, 0) is 13.5 Å². The molecule has 22 heavy (non-hydrogen) atoms. The highest BCUT2D eigenvalue weighted by Crippen LogP contribution is 2.17. The average Bonchev–Trinajstić information content (AvgIpc) is 3.05. The first kappa shape index (κ1) is 16.5. The highest BCUT2D eigenvalue weighted by Gasteiger charge is 2.14. The molecule has 0 bridgehead atoms. The quantitative estimate of drug-likeness (QED) is 0.859. The van der Waals surface area contributed by atoms with Gasteiger partial charge in [-0.05, 0) is 45.7 Å². The number of carbonyl (C=O) groups is 1. The summed E-state index contributed by atoms with van der Waals surface area (Å²) in [5.41, 5.74) is 2.27. The molecule has 5 nitrogen and oxygen atoms in total. The molecular formula is C16H24N4OS. The Balaban J connectivity index is 1.75. The zero-order valence-electron chi connectivity index (χ0n) is 13.6. The Kier molecular flexibility index (Phi) is 5.60. The molecule has 0 aromatic carbocycles. The maximum absolute atomic E-state index is 12.0. The summed E-state index contributed by atoms with van der Waals surface area (Å²) in [6.07, 6.45) is 3.90. The van der Waals surface area contributed by atoms with Crippen molar-refractivity contribution in [3.05, 3.63) is 40.1 Å². The number of rotatable bonds is 6. The predicted molar refractivity (Wildman–Crippen MR) is 90.1 cm³/mol. The fourth-order valence-corrected chi connectivity index (χ4v) is 3.09. The highest BCUT2D eigenvalue weighted by atomic mass is 32.1. The molecule has 2 atom stereocenters. The fourth-order valence-electron chi connectivity index (χ4n) is 2.29. The second kappa shape index (κ2) is 7.45. The van der Waals surface area contributed by atoms with E-state index in [1.807, 2.05) is 45.5 Å². The van der Waals surface area contributed by atoms with Crippen LogP contribution in [0.1, 0.15) is 42.7 Å². The molecule has 2 rings (SSSR count). The first-order valence-electron chi connectivity index (χ1n) is 7.55. The van der Waals surface area contributed by atoms with E-state index in [1.54, 1.807) is 11.3 Å². The molecule has 0 aliphatic carbocycles. The molecule has 2 aromatic heterocycles. The van der Waals surface area contributed by atoms with Crippen LogP contribution in [0.5, 0.6) is 0 Å². The maximum Gasteiger partial charge on any atom is 0.315 e. The number of carbonyl (C=O) groups excluding carboxylic acids is 1. The predicted octanol–water partition coefficient (Wildman–Crippen LogP) is 3.17. The Labute approximate surface area is 135 Å². The smallest absolute Gasteiger partial charge is 0.315 e. The van der Waals surface area contributed by atoms with Gasteiger partial charge in [-0.25, -0.2) is 9.78 Å². The largest absolute Gasteiger partial charge is 0.354 e. The van der Waals surface area contributed by atoms with Gasteiger partial charge in [0.1, 0.15) is 5.01 Å². The van der Waals surface area contributed by atoms with Crippen molar-refractivity contribution in [2.75, 3.05) is 0 Å². The van der Waals surface area contributed by atoms with Crippen molar-refractivity contribution in [1.29, 1.82) is 0 Å². The van der Waals surface area contributed by atoms with Crippen molar-refractivity contribution in [2.45, 2.75) is 45.7 Å². The van der Waals surface area contributed by atoms with E-state index in [0.717, 1.165) is 23.5 Å². The Morgan fingerprint density at radius 3 is 2.77 bits per heavy atom. The van der Waals surface area contributed by atoms with Crippen molar-refractivity contribution in [3.8, 4) is 0 Å². The van der Waals surface area contributed by atoms with Crippen LogP contribution in [0.3, 0.4) is 0 Å². The van der Waals surface area contributed by atoms with Crippen LogP contribution in [0.15, 0.2) is 23.7 Å². The summed E-state index contributed by atoms with van der Waals surface area (Å²) in [5, 5.41) is 8.85. The summed E-state index contributed by atoms with van der Waals surface area (Å²) >= 11 is 1.57. The monoisotopic (exact) mass is 320 g/mol. The summed E-state index contributed by atoms with van der Waals surface area (Å²) in [6.45, 7) is 5.94. The first-order chi connectivity index (χ1) is 10.5. The number of hydrogen-bond donors (Lipinski definition) is 2. The number of thiazole rings is 1. The number of urea groups is 1. The van der Waals surface area contributed by atoms with Gasteiger partial charge in [0, 0.05) is 36.1 Å². The fraction of sp³-hybridized carbons (Fsp3) is 0.500. The molecule has 6 heteroatoms. The molecule has 0 radical (unpaired) electrons. The number of hydrogen-bond acceptors (Lipinski definition) is 3. The zero-order valence-corrected chi connectivity index (χ0v) is 14.4. The van der Waals surface area contributed by atoms with Crippen molar-refractivity contribution in [2.24, 2.45) is 7.05 Å². The molecule has 0 spiro atoms. The zero-order chi connectivity index (χ0) is 16.1. The third-order valence-electron chi connectivity index (χ3n) is 3.62. The van der Waals surface area contributed by atoms with Crippen molar-refractivity contribution >= 4 is 17.4 Å². The lowest BCUT2D eigenvalue weighted by Crippen LogP contribution is -2.42. The SMILES string of the molecule is Cc1csc(C(C)NC(=O)NC(C)CCc2cccn2C)n1. The molecule has 2 heterocycles. The van der Waals surface area contributed by atoms with E-state index in [9.17, 15) is 4.79 Å². The summed E-state index contributed by atoms with van der Waals surface area (Å²) < 4.78 is 2.11. The molecule has 0 fully saturated rings. The Morgan fingerprint density at radius 2 is 2.18 bits per heavy atom. The number of nitrogens with zero attached hydrogens (tertiary/aromatic N) is 2. The van der Waals surface area contributed by atoms with Crippen molar-refractivity contribution in [1.82, 2.24) is 20.2 Å². The van der Waals surface area contributed by atoms with Crippen LogP contribution in [-0.4, -0.2) is 21.6 Å². The summed E-state index contributed by atoms with van der Waals surface area (Å²) in [6, 6.07) is 4.07. The number of aryl methyl sites for hydroxylation is 3. The van der Waals surface area contributed by atoms with Crippen LogP contribution >= 0.6 is 11.3 Å². The molecule has 2 amide bonds. The first-order valence-corrected chi connectivity index (χ1v) is 8.43. The molecule has 2 unspecified atom stereocenters. The van der Waals surface area contributed by atoms with Crippen LogP contribution in [0.2, 0.25) is 0 Å². The maximum atomic E-state index is 12.0. The minimum atomic E-state index is -0.139. The molecule has 0 aliphatic heterocycles. The van der Waals surface area contributed by atoms with Gasteiger partial charge in [-0.15, -0.1) is 11.3 Å². The second-order valence-corrected chi connectivity index (χ2v) is 6.61. The van der Waals surface area contributed by atoms with Gasteiger partial charge < -0.3 is 15.2 Å². The van der Waals surface area contributed by atoms with Gasteiger partial charge >= 0.3 is 6.03 Å². The van der Waals surface area contributed by atoms with Crippen molar-refractivity contribution in [3.63, 3.8) is 0 Å². The van der Waals surface area contributed by atoms with E-state index < -0.39 is 0 Å². The lowest BCUT2D eigenvalue weighted by atomic mass is 10.1. The molecular weight excluding hydrogens is 296 g/mol. The third-order valence-corrected chi connectivity index (χ3v) is 4.76. The van der Waals surface area contributed by atoms with E-state index in [4.69, 9.17) is 0 Å². The molecule has 2 aromatic rings. The lowest BCUT2D eigenvalue weighted by molar-refractivity contribution is 0.234. The van der Waals surface area contributed by atoms with E-state index in [1.165, 1.54) is 5.69 Å². The van der Waals surface area contributed by atoms with Gasteiger partial charge in [0.2, 0.25) is 0 Å². The van der Waals surface area contributed by atoms with Gasteiger partial charge in [-0.1, -0.05) is 0 Å². The minimum Gasteiger partial charge on any atom is -0.354 e. The van der Waals surface area contributed by atoms with E-state index in [2.05, 4.69) is 26.3 Å². The Bertz CT molecular complexity index is 619. The average molecular weight is 320 g/mol. The van der Waals surface area contributed by atoms with Crippen molar-refractivity contribution < 1.29 is 4.79 Å². The van der Waals surface area contributed by atoms with E-state index in [-0.39, 0.29) is 18.1 Å². The summed E-state index contributed by atoms with van der Waals surface area (Å²) in [5.74, 6) is 0. The topological polar surface area (TPSA) is 59.0 Å². The number of aromatic nitrogens is 2. The van der Waals surface area contributed by atoms with Gasteiger partial charge in [-0.2, -0.15) is 0 Å². The molecule has 0 saturated heterocycles. The molecule has 0 aliphatic rings. The van der Waals surface area contributed by atoms with E-state index in [0.29, 0.717) is 0 Å². The van der Waals surface area contributed by atoms with Crippen LogP contribution in [0.25, 0.3) is 0 Å². The van der Waals surface area contributed by atoms with Gasteiger partial charge in [0.15, 0.2) is 0 Å². The van der Waals surface area contributed by atoms with Gasteiger partial charge in [0.05, 0.1) is 6.04 Å². The Morgan fingerprint density at radius 1 is 1.41 bits per heavy atom. The van der Waals surface area contributed by atoms with Gasteiger partial charge in [0.25, 0.3) is 0 Å². The number of amides is 2. The normalized spacial score (nSPS) is 13.6. The van der Waals surface area contributed by atoms with E-state index >= 15 is 0 Å². The summed E-state index contributed by atoms with van der Waals surface area (Å²) in [7, 11) is 2.04. The van der Waals surface area contributed by atoms with Gasteiger partial charge in [-0.3, -0.25) is 0 Å². The molecule has 2 N–H and O–H groups in total. The molecule has 0 saturated carbocycles. The second-order valence-electron chi connectivity index (χ2n) is 5.72.